The lowest BCUT2D eigenvalue weighted by Crippen LogP contribution is -2.59. The molecule has 2 aliphatic rings. The maximum Gasteiger partial charge on any atom is 0.261 e. The van der Waals surface area contributed by atoms with Crippen LogP contribution in [0.2, 0.25) is 0 Å². The van der Waals surface area contributed by atoms with Gasteiger partial charge in [-0.25, -0.2) is 0 Å². The molecule has 2 heterocycles. The lowest BCUT2D eigenvalue weighted by Gasteiger charge is -2.40. The van der Waals surface area contributed by atoms with E-state index in [4.69, 9.17) is 20.9 Å². The average Bonchev–Trinajstić information content (AvgIpc) is 2.39. The molecular formula is C11H20N4O4. The molecule has 0 aromatic carbocycles. The number of carbonyl (C=O) groups excluding carboxylic acids is 2. The molecule has 19 heavy (non-hydrogen) atoms. The summed E-state index contributed by atoms with van der Waals surface area (Å²) in [6.45, 7) is 2.78. The molecule has 8 heteroatoms. The Morgan fingerprint density at radius 2 is 1.37 bits per heavy atom. The summed E-state index contributed by atoms with van der Waals surface area (Å²) in [5, 5.41) is 0. The van der Waals surface area contributed by atoms with Crippen LogP contribution in [0, 0.1) is 0 Å². The van der Waals surface area contributed by atoms with Crippen molar-refractivity contribution < 1.29 is 19.1 Å². The molecule has 4 N–H and O–H groups in total. The molecule has 2 aliphatic heterocycles. The van der Waals surface area contributed by atoms with Gasteiger partial charge in [0.15, 0.2) is 12.5 Å². The fraction of sp³-hybridized carbons (Fsp3) is 0.818. The van der Waals surface area contributed by atoms with Crippen molar-refractivity contribution in [1.29, 1.82) is 0 Å². The zero-order valence-corrected chi connectivity index (χ0v) is 10.8. The van der Waals surface area contributed by atoms with Crippen LogP contribution in [0.3, 0.4) is 0 Å². The van der Waals surface area contributed by atoms with Gasteiger partial charge in [-0.15, -0.1) is 0 Å². The third kappa shape index (κ3) is 3.41. The van der Waals surface area contributed by atoms with E-state index in [2.05, 4.69) is 0 Å². The van der Waals surface area contributed by atoms with Gasteiger partial charge in [-0.3, -0.25) is 19.4 Å². The second-order valence-electron chi connectivity index (χ2n) is 4.72. The molecule has 2 saturated heterocycles. The largest absolute Gasteiger partial charge is 0.366 e. The van der Waals surface area contributed by atoms with Gasteiger partial charge in [-0.05, 0) is 12.8 Å². The van der Waals surface area contributed by atoms with Crippen molar-refractivity contribution in [2.75, 3.05) is 33.0 Å². The molecule has 0 aromatic rings. The van der Waals surface area contributed by atoms with E-state index >= 15 is 0 Å². The molecular weight excluding hydrogens is 252 g/mol. The van der Waals surface area contributed by atoms with Gasteiger partial charge >= 0.3 is 0 Å². The van der Waals surface area contributed by atoms with Crippen LogP contribution in [0.25, 0.3) is 0 Å². The Kier molecular flexibility index (Phi) is 4.70. The Hall–Kier alpha value is -1.22. The molecule has 2 amide bonds. The SMILES string of the molecule is NC(=O)C1OCCCN1CN1CCCOC1C(N)=O. The van der Waals surface area contributed by atoms with E-state index in [1.165, 1.54) is 0 Å². The Bertz CT molecular complexity index is 320. The Morgan fingerprint density at radius 1 is 0.947 bits per heavy atom. The zero-order chi connectivity index (χ0) is 13.8. The number of primary amides is 2. The van der Waals surface area contributed by atoms with E-state index in [1.54, 1.807) is 9.80 Å². The first-order valence-electron chi connectivity index (χ1n) is 6.39. The number of hydrogen-bond donors (Lipinski definition) is 2. The lowest BCUT2D eigenvalue weighted by atomic mass is 10.3. The van der Waals surface area contributed by atoms with Gasteiger partial charge in [0.2, 0.25) is 0 Å². The van der Waals surface area contributed by atoms with Crippen LogP contribution in [-0.2, 0) is 19.1 Å². The minimum Gasteiger partial charge on any atom is -0.366 e. The number of rotatable bonds is 4. The number of carbonyl (C=O) groups is 2. The minimum absolute atomic E-state index is 0.376. The second-order valence-corrected chi connectivity index (χ2v) is 4.72. The van der Waals surface area contributed by atoms with Crippen LogP contribution >= 0.6 is 0 Å². The Morgan fingerprint density at radius 3 is 1.74 bits per heavy atom. The van der Waals surface area contributed by atoms with Crippen LogP contribution in [0.4, 0.5) is 0 Å². The van der Waals surface area contributed by atoms with Gasteiger partial charge in [0.25, 0.3) is 11.8 Å². The van der Waals surface area contributed by atoms with Crippen molar-refractivity contribution in [2.45, 2.75) is 25.3 Å². The van der Waals surface area contributed by atoms with Gasteiger partial charge < -0.3 is 20.9 Å². The topological polar surface area (TPSA) is 111 Å². The summed E-state index contributed by atoms with van der Waals surface area (Å²) < 4.78 is 10.7. The highest BCUT2D eigenvalue weighted by atomic mass is 16.5. The number of amides is 2. The van der Waals surface area contributed by atoms with E-state index in [0.29, 0.717) is 33.0 Å². The monoisotopic (exact) mass is 272 g/mol. The standard InChI is InChI=1S/C11H20N4O4/c12-8(16)10-14(3-1-5-18-10)7-15-4-2-6-19-11(15)9(13)17/h10-11H,1-7H2,(H2,12,16)(H2,13,17). The number of nitrogens with two attached hydrogens (primary N) is 2. The quantitative estimate of drug-likeness (QED) is 0.613. The first kappa shape index (κ1) is 14.2. The summed E-state index contributed by atoms with van der Waals surface area (Å²) in [5.41, 5.74) is 10.6. The maximum absolute atomic E-state index is 11.3. The van der Waals surface area contributed by atoms with Crippen LogP contribution < -0.4 is 11.5 Å². The smallest absolute Gasteiger partial charge is 0.261 e. The van der Waals surface area contributed by atoms with Crippen molar-refractivity contribution >= 4 is 11.8 Å². The van der Waals surface area contributed by atoms with Crippen LogP contribution in [0.15, 0.2) is 0 Å². The molecule has 0 spiro atoms. The second kappa shape index (κ2) is 6.29. The fourth-order valence-corrected chi connectivity index (χ4v) is 2.42. The summed E-state index contributed by atoms with van der Waals surface area (Å²) in [6.07, 6.45) is 0.146. The number of ether oxygens (including phenoxy) is 2. The predicted molar refractivity (Wildman–Crippen MR) is 65.4 cm³/mol. The van der Waals surface area contributed by atoms with Gasteiger partial charge in [0.05, 0.1) is 19.9 Å². The summed E-state index contributed by atoms with van der Waals surface area (Å²) in [4.78, 5) is 26.3. The normalized spacial score (nSPS) is 30.1. The molecule has 108 valence electrons. The van der Waals surface area contributed by atoms with Gasteiger partial charge in [-0.2, -0.15) is 0 Å². The van der Waals surface area contributed by atoms with Crippen LogP contribution in [0.5, 0.6) is 0 Å². The first-order chi connectivity index (χ1) is 9.09. The highest BCUT2D eigenvalue weighted by molar-refractivity contribution is 5.79. The maximum atomic E-state index is 11.3. The highest BCUT2D eigenvalue weighted by Crippen LogP contribution is 2.15. The predicted octanol–water partition coefficient (Wildman–Crippen LogP) is -1.99. The molecule has 0 radical (unpaired) electrons. The summed E-state index contributed by atoms with van der Waals surface area (Å²) in [7, 11) is 0. The van der Waals surface area contributed by atoms with Gasteiger partial charge in [0, 0.05) is 13.1 Å². The van der Waals surface area contributed by atoms with Crippen LogP contribution in [-0.4, -0.2) is 67.0 Å². The van der Waals surface area contributed by atoms with Crippen molar-refractivity contribution in [3.05, 3.63) is 0 Å². The molecule has 2 atom stereocenters. The summed E-state index contributed by atoms with van der Waals surface area (Å²) in [6, 6.07) is 0. The fourth-order valence-electron chi connectivity index (χ4n) is 2.42. The Labute approximate surface area is 111 Å². The Balaban J connectivity index is 2.00. The minimum atomic E-state index is -0.746. The van der Waals surface area contributed by atoms with Crippen LogP contribution in [0.1, 0.15) is 12.8 Å². The molecule has 8 nitrogen and oxygen atoms in total. The van der Waals surface area contributed by atoms with E-state index in [9.17, 15) is 9.59 Å². The van der Waals surface area contributed by atoms with E-state index in [0.717, 1.165) is 12.8 Å². The molecule has 0 aliphatic carbocycles. The van der Waals surface area contributed by atoms with Gasteiger partial charge in [-0.1, -0.05) is 0 Å². The first-order valence-corrected chi connectivity index (χ1v) is 6.39. The summed E-state index contributed by atoms with van der Waals surface area (Å²) in [5.74, 6) is -1.04. The number of nitrogens with zero attached hydrogens (tertiary/aromatic N) is 2. The van der Waals surface area contributed by atoms with Crippen molar-refractivity contribution in [3.63, 3.8) is 0 Å². The van der Waals surface area contributed by atoms with Gasteiger partial charge in [0.1, 0.15) is 0 Å². The van der Waals surface area contributed by atoms with Crippen molar-refractivity contribution in [1.82, 2.24) is 9.80 Å². The molecule has 2 fully saturated rings. The van der Waals surface area contributed by atoms with Crippen molar-refractivity contribution in [3.8, 4) is 0 Å². The molecule has 0 bridgehead atoms. The summed E-state index contributed by atoms with van der Waals surface area (Å²) >= 11 is 0. The van der Waals surface area contributed by atoms with E-state index in [-0.39, 0.29) is 0 Å². The highest BCUT2D eigenvalue weighted by Gasteiger charge is 2.34. The molecule has 0 saturated carbocycles. The third-order valence-corrected chi connectivity index (χ3v) is 3.24. The van der Waals surface area contributed by atoms with Crippen molar-refractivity contribution in [2.24, 2.45) is 11.5 Å². The molecule has 2 rings (SSSR count). The van der Waals surface area contributed by atoms with E-state index in [1.807, 2.05) is 0 Å². The number of hydrogen-bond acceptors (Lipinski definition) is 6. The lowest BCUT2D eigenvalue weighted by molar-refractivity contribution is -0.175. The van der Waals surface area contributed by atoms with E-state index < -0.39 is 24.3 Å². The molecule has 0 aromatic heterocycles. The molecule has 2 unspecified atom stereocenters. The zero-order valence-electron chi connectivity index (χ0n) is 10.8. The third-order valence-electron chi connectivity index (χ3n) is 3.24. The average molecular weight is 272 g/mol.